The SMILES string of the molecule is C=CCCC[C@H](Cc1ccccc1)C(=O)OC[C@H](NC(=O)[C@H](CC=C)CC(=O)N[C@H](CO)Cc1ccccc1)C(=O)Nc1ccc2ccccc2c1. The normalized spacial score (nSPS) is 13.2. The van der Waals surface area contributed by atoms with E-state index in [2.05, 4.69) is 29.1 Å². The van der Waals surface area contributed by atoms with E-state index in [0.717, 1.165) is 34.7 Å². The molecule has 0 unspecified atom stereocenters. The molecule has 0 spiro atoms. The number of carbonyl (C=O) groups excluding carboxylic acids is 4. The van der Waals surface area contributed by atoms with Crippen LogP contribution in [-0.2, 0) is 36.8 Å². The van der Waals surface area contributed by atoms with Crippen LogP contribution in [0.5, 0.6) is 0 Å². The van der Waals surface area contributed by atoms with Crippen molar-refractivity contribution in [1.29, 1.82) is 0 Å². The molecule has 9 nitrogen and oxygen atoms in total. The summed E-state index contributed by atoms with van der Waals surface area (Å²) >= 11 is 0. The van der Waals surface area contributed by atoms with Gasteiger partial charge in [-0.15, -0.1) is 13.2 Å². The number of unbranched alkanes of at least 4 members (excludes halogenated alkanes) is 1. The molecule has 0 aromatic heterocycles. The second-order valence-corrected chi connectivity index (χ2v) is 12.9. The number of ether oxygens (including phenoxy) is 1. The zero-order valence-corrected chi connectivity index (χ0v) is 29.5. The first-order chi connectivity index (χ1) is 25.3. The van der Waals surface area contributed by atoms with E-state index in [9.17, 15) is 24.3 Å². The smallest absolute Gasteiger partial charge is 0.309 e. The van der Waals surface area contributed by atoms with E-state index in [0.29, 0.717) is 24.9 Å². The minimum Gasteiger partial charge on any atom is -0.463 e. The minimum absolute atomic E-state index is 0.156. The third kappa shape index (κ3) is 12.7. The number of rotatable bonds is 21. The summed E-state index contributed by atoms with van der Waals surface area (Å²) < 4.78 is 5.78. The van der Waals surface area contributed by atoms with Crippen LogP contribution in [0, 0.1) is 11.8 Å². The van der Waals surface area contributed by atoms with Crippen molar-refractivity contribution in [2.75, 3.05) is 18.5 Å². The number of fused-ring (bicyclic) bond motifs is 1. The van der Waals surface area contributed by atoms with Crippen LogP contribution in [0.3, 0.4) is 0 Å². The molecule has 0 aliphatic heterocycles. The molecule has 0 heterocycles. The fourth-order valence-electron chi connectivity index (χ4n) is 6.02. The lowest BCUT2D eigenvalue weighted by Crippen LogP contribution is -2.50. The Morgan fingerprint density at radius 1 is 0.731 bits per heavy atom. The number of nitrogens with one attached hydrogen (secondary N) is 3. The summed E-state index contributed by atoms with van der Waals surface area (Å²) in [6.07, 6.45) is 6.23. The molecule has 4 rings (SSSR count). The van der Waals surface area contributed by atoms with Crippen molar-refractivity contribution in [3.63, 3.8) is 0 Å². The molecule has 0 fully saturated rings. The standard InChI is InChI=1S/C43H49N3O6/c1-3-5-8-22-36(25-31-16-9-6-10-17-31)43(51)52-30-39(42(50)45-37-24-23-33-20-13-14-21-34(33)27-37)46-41(49)35(15-4-2)28-40(48)44-38(29-47)26-32-18-11-7-12-19-32/h3-4,6-7,9-14,16-21,23-24,27,35-36,38-39,47H,1-2,5,8,15,22,25-26,28-30H2,(H,44,48)(H,45,50)(H,46,49)/t35-,36-,38+,39+/m1/s1. The molecule has 4 aromatic carbocycles. The fraction of sp³-hybridized carbons (Fsp3) is 0.302. The second-order valence-electron chi connectivity index (χ2n) is 12.9. The van der Waals surface area contributed by atoms with E-state index in [-0.39, 0.29) is 19.4 Å². The van der Waals surface area contributed by atoms with Crippen molar-refractivity contribution in [2.45, 2.75) is 57.0 Å². The first-order valence-corrected chi connectivity index (χ1v) is 17.8. The summed E-state index contributed by atoms with van der Waals surface area (Å²) in [6, 6.07) is 30.5. The van der Waals surface area contributed by atoms with Crippen LogP contribution in [0.1, 0.15) is 43.2 Å². The zero-order chi connectivity index (χ0) is 37.1. The number of benzene rings is 4. The lowest BCUT2D eigenvalue weighted by atomic mass is 9.94. The fourth-order valence-corrected chi connectivity index (χ4v) is 6.02. The van der Waals surface area contributed by atoms with Crippen molar-refractivity contribution in [3.8, 4) is 0 Å². The van der Waals surface area contributed by atoms with Gasteiger partial charge in [0.05, 0.1) is 24.5 Å². The van der Waals surface area contributed by atoms with Gasteiger partial charge in [-0.2, -0.15) is 0 Å². The van der Waals surface area contributed by atoms with Crippen LogP contribution in [0.4, 0.5) is 5.69 Å². The Bertz CT molecular complexity index is 1780. The summed E-state index contributed by atoms with van der Waals surface area (Å²) in [7, 11) is 0. The van der Waals surface area contributed by atoms with Gasteiger partial charge in [-0.05, 0) is 72.6 Å². The second kappa shape index (κ2) is 21.0. The van der Waals surface area contributed by atoms with Gasteiger partial charge in [0.25, 0.3) is 5.91 Å². The van der Waals surface area contributed by atoms with Crippen LogP contribution in [0.25, 0.3) is 10.8 Å². The number of allylic oxidation sites excluding steroid dienone is 2. The number of hydrogen-bond donors (Lipinski definition) is 4. The molecule has 4 N–H and O–H groups in total. The topological polar surface area (TPSA) is 134 Å². The van der Waals surface area contributed by atoms with Gasteiger partial charge in [-0.3, -0.25) is 19.2 Å². The summed E-state index contributed by atoms with van der Waals surface area (Å²) in [5.41, 5.74) is 2.44. The van der Waals surface area contributed by atoms with Crippen molar-refractivity contribution in [2.24, 2.45) is 11.8 Å². The van der Waals surface area contributed by atoms with Gasteiger partial charge in [0, 0.05) is 12.1 Å². The maximum atomic E-state index is 13.8. The molecule has 0 saturated carbocycles. The lowest BCUT2D eigenvalue weighted by molar-refractivity contribution is -0.151. The Labute approximate surface area is 306 Å². The molecule has 0 saturated heterocycles. The molecule has 0 bridgehead atoms. The Hall–Kier alpha value is -5.54. The number of aliphatic hydroxyl groups is 1. The third-order valence-electron chi connectivity index (χ3n) is 8.83. The van der Waals surface area contributed by atoms with E-state index >= 15 is 0 Å². The highest BCUT2D eigenvalue weighted by Gasteiger charge is 2.30. The monoisotopic (exact) mass is 703 g/mol. The van der Waals surface area contributed by atoms with Crippen LogP contribution in [-0.4, -0.2) is 54.1 Å². The average molecular weight is 704 g/mol. The van der Waals surface area contributed by atoms with Crippen LogP contribution >= 0.6 is 0 Å². The molecule has 52 heavy (non-hydrogen) atoms. The van der Waals surface area contributed by atoms with Crippen molar-refractivity contribution >= 4 is 40.2 Å². The van der Waals surface area contributed by atoms with Crippen LogP contribution < -0.4 is 16.0 Å². The molecule has 3 amide bonds. The number of carbonyl (C=O) groups is 4. The van der Waals surface area contributed by atoms with E-state index in [1.54, 1.807) is 12.1 Å². The van der Waals surface area contributed by atoms with Crippen LogP contribution in [0.15, 0.2) is 128 Å². The lowest BCUT2D eigenvalue weighted by Gasteiger charge is -2.24. The largest absolute Gasteiger partial charge is 0.463 e. The minimum atomic E-state index is -1.26. The maximum absolute atomic E-state index is 13.8. The predicted octanol–water partition coefficient (Wildman–Crippen LogP) is 6.32. The van der Waals surface area contributed by atoms with Gasteiger partial charge in [-0.25, -0.2) is 0 Å². The first kappa shape index (κ1) is 39.2. The number of hydrogen-bond acceptors (Lipinski definition) is 6. The molecule has 0 aliphatic carbocycles. The molecule has 0 radical (unpaired) electrons. The predicted molar refractivity (Wildman–Crippen MR) is 205 cm³/mol. The molecule has 4 atom stereocenters. The zero-order valence-electron chi connectivity index (χ0n) is 29.5. The van der Waals surface area contributed by atoms with E-state index in [1.807, 2.05) is 97.1 Å². The van der Waals surface area contributed by atoms with E-state index in [1.165, 1.54) is 6.08 Å². The highest BCUT2D eigenvalue weighted by atomic mass is 16.5. The Kier molecular flexibility index (Phi) is 15.8. The number of aliphatic hydroxyl groups excluding tert-OH is 1. The number of amides is 3. The molecule has 4 aromatic rings. The summed E-state index contributed by atoms with van der Waals surface area (Å²) in [6.45, 7) is 6.85. The van der Waals surface area contributed by atoms with E-state index < -0.39 is 54.2 Å². The Morgan fingerprint density at radius 3 is 2.04 bits per heavy atom. The van der Waals surface area contributed by atoms with Crippen molar-refractivity contribution in [1.82, 2.24) is 10.6 Å². The van der Waals surface area contributed by atoms with Crippen molar-refractivity contribution < 1.29 is 29.0 Å². The van der Waals surface area contributed by atoms with Gasteiger partial charge in [-0.1, -0.05) is 103 Å². The summed E-state index contributed by atoms with van der Waals surface area (Å²) in [5, 5.41) is 20.3. The van der Waals surface area contributed by atoms with Gasteiger partial charge < -0.3 is 25.8 Å². The maximum Gasteiger partial charge on any atom is 0.309 e. The highest BCUT2D eigenvalue weighted by Crippen LogP contribution is 2.21. The summed E-state index contributed by atoms with van der Waals surface area (Å²) in [5.74, 6) is -3.38. The Morgan fingerprint density at radius 2 is 1.38 bits per heavy atom. The molecular weight excluding hydrogens is 654 g/mol. The molecular formula is C43H49N3O6. The van der Waals surface area contributed by atoms with Gasteiger partial charge in [0.2, 0.25) is 11.8 Å². The van der Waals surface area contributed by atoms with Gasteiger partial charge in [0.15, 0.2) is 0 Å². The highest BCUT2D eigenvalue weighted by molar-refractivity contribution is 5.99. The number of esters is 1. The van der Waals surface area contributed by atoms with Gasteiger partial charge >= 0.3 is 5.97 Å². The van der Waals surface area contributed by atoms with Gasteiger partial charge in [0.1, 0.15) is 12.6 Å². The third-order valence-corrected chi connectivity index (χ3v) is 8.83. The Balaban J connectivity index is 1.48. The number of anilines is 1. The van der Waals surface area contributed by atoms with Crippen molar-refractivity contribution in [3.05, 3.63) is 140 Å². The molecule has 0 aliphatic rings. The van der Waals surface area contributed by atoms with Crippen LogP contribution in [0.2, 0.25) is 0 Å². The quantitative estimate of drug-likeness (QED) is 0.0456. The summed E-state index contributed by atoms with van der Waals surface area (Å²) in [4.78, 5) is 54.1. The first-order valence-electron chi connectivity index (χ1n) is 17.8. The molecule has 272 valence electrons. The average Bonchev–Trinajstić information content (AvgIpc) is 3.16. The molecule has 9 heteroatoms. The van der Waals surface area contributed by atoms with E-state index in [4.69, 9.17) is 4.74 Å².